The molecule has 8 atom stereocenters. The Kier molecular flexibility index (Phi) is 69.9. The monoisotopic (exact) mass is 1470 g/mol. The molecule has 0 aromatic rings. The van der Waals surface area contributed by atoms with E-state index in [2.05, 4.69) is 48.5 Å². The maximum Gasteiger partial charge on any atom is 0.472 e. The fraction of sp³-hybridized carbons (Fsp3) is 0.951. The van der Waals surface area contributed by atoms with E-state index in [9.17, 15) is 43.2 Å². The summed E-state index contributed by atoms with van der Waals surface area (Å²) in [5.74, 6) is 0.316. The molecule has 0 heterocycles. The first-order valence-electron chi connectivity index (χ1n) is 42.0. The third-order valence-corrected chi connectivity index (χ3v) is 21.9. The van der Waals surface area contributed by atoms with E-state index in [4.69, 9.17) is 37.0 Å². The predicted molar refractivity (Wildman–Crippen MR) is 409 cm³/mol. The van der Waals surface area contributed by atoms with Crippen molar-refractivity contribution >= 4 is 39.5 Å². The molecule has 0 aliphatic carbocycles. The van der Waals surface area contributed by atoms with Crippen LogP contribution in [0.4, 0.5) is 0 Å². The minimum Gasteiger partial charge on any atom is -0.462 e. The standard InChI is InChI=1S/C81H158O17P2/c1-8-12-13-14-15-16-17-18-19-20-24-27-33-41-48-55-62-78(83)91-68-76(97-80(85)64-57-50-43-34-28-25-22-21-23-26-31-38-45-52-59-72(5)9-2)70-95-99(87,88)93-66-75(82)67-94-100(89,90)96-71-77(69-92-79(84)63-56-49-42-37-36-40-47-54-61-74(7)11-4)98-81(86)65-58-51-44-35-30-29-32-39-46-53-60-73(6)10-3/h72-77,82H,8-71H2,1-7H3,(H,87,88)(H,89,90)/t72?,73?,74?,75-,76-,77-/m1/s1. The lowest BCUT2D eigenvalue weighted by molar-refractivity contribution is -0.161. The van der Waals surface area contributed by atoms with Crippen LogP contribution in [-0.2, 0) is 65.4 Å². The Hall–Kier alpha value is -1.94. The van der Waals surface area contributed by atoms with E-state index in [-0.39, 0.29) is 25.7 Å². The number of hydrogen-bond acceptors (Lipinski definition) is 15. The summed E-state index contributed by atoms with van der Waals surface area (Å²) in [6.07, 6.45) is 59.4. The predicted octanol–water partition coefficient (Wildman–Crippen LogP) is 24.1. The Morgan fingerprint density at radius 2 is 0.480 bits per heavy atom. The van der Waals surface area contributed by atoms with E-state index in [1.54, 1.807) is 0 Å². The third-order valence-electron chi connectivity index (χ3n) is 20.0. The van der Waals surface area contributed by atoms with Crippen molar-refractivity contribution in [2.45, 2.75) is 439 Å². The zero-order valence-corrected chi connectivity index (χ0v) is 67.5. The van der Waals surface area contributed by atoms with Gasteiger partial charge in [-0.2, -0.15) is 0 Å². The van der Waals surface area contributed by atoms with Crippen LogP contribution in [0.2, 0.25) is 0 Å². The Morgan fingerprint density at radius 1 is 0.280 bits per heavy atom. The summed E-state index contributed by atoms with van der Waals surface area (Å²) in [6.45, 7) is 12.0. The highest BCUT2D eigenvalue weighted by Crippen LogP contribution is 2.45. The molecular formula is C81H158O17P2. The SMILES string of the molecule is CCCCCCCCCCCCCCCCCCC(=O)OC[C@H](COP(=O)(O)OC[C@@H](O)COP(=O)(O)OC[C@@H](COC(=O)CCCCCCCCCCC(C)CC)OC(=O)CCCCCCCCCCCCC(C)CC)OC(=O)CCCCCCCCCCCCCCCCC(C)CC. The Labute approximate surface area is 613 Å². The quantitative estimate of drug-likeness (QED) is 0.0222. The van der Waals surface area contributed by atoms with E-state index in [0.717, 1.165) is 108 Å². The van der Waals surface area contributed by atoms with Gasteiger partial charge in [0.15, 0.2) is 12.2 Å². The highest BCUT2D eigenvalue weighted by molar-refractivity contribution is 7.47. The molecule has 5 unspecified atom stereocenters. The van der Waals surface area contributed by atoms with Gasteiger partial charge in [0.1, 0.15) is 19.3 Å². The van der Waals surface area contributed by atoms with Gasteiger partial charge in [-0.1, -0.05) is 370 Å². The molecule has 0 bridgehead atoms. The zero-order valence-electron chi connectivity index (χ0n) is 65.7. The van der Waals surface area contributed by atoms with Crippen LogP contribution in [0.25, 0.3) is 0 Å². The van der Waals surface area contributed by atoms with Crippen molar-refractivity contribution in [2.75, 3.05) is 39.6 Å². The molecule has 100 heavy (non-hydrogen) atoms. The number of ether oxygens (including phenoxy) is 4. The van der Waals surface area contributed by atoms with Crippen LogP contribution >= 0.6 is 15.6 Å². The second-order valence-electron chi connectivity index (χ2n) is 29.9. The van der Waals surface area contributed by atoms with Crippen molar-refractivity contribution in [3.63, 3.8) is 0 Å². The van der Waals surface area contributed by atoms with E-state index in [0.29, 0.717) is 25.7 Å². The van der Waals surface area contributed by atoms with Gasteiger partial charge in [-0.3, -0.25) is 37.3 Å². The fourth-order valence-corrected chi connectivity index (χ4v) is 14.0. The van der Waals surface area contributed by atoms with Gasteiger partial charge in [-0.25, -0.2) is 9.13 Å². The molecular weight excluding hydrogens is 1310 g/mol. The van der Waals surface area contributed by atoms with E-state index in [1.165, 1.54) is 231 Å². The van der Waals surface area contributed by atoms with Crippen LogP contribution in [0, 0.1) is 17.8 Å². The minimum atomic E-state index is -4.96. The van der Waals surface area contributed by atoms with Crippen LogP contribution in [0.1, 0.15) is 421 Å². The number of phosphoric acid groups is 2. The summed E-state index contributed by atoms with van der Waals surface area (Å²) in [5.41, 5.74) is 0. The second kappa shape index (κ2) is 71.3. The van der Waals surface area contributed by atoms with E-state index < -0.39 is 97.5 Å². The molecule has 0 spiro atoms. The van der Waals surface area contributed by atoms with Crippen LogP contribution in [0.15, 0.2) is 0 Å². The first kappa shape index (κ1) is 98.1. The van der Waals surface area contributed by atoms with Gasteiger partial charge in [0.2, 0.25) is 0 Å². The fourth-order valence-electron chi connectivity index (χ4n) is 12.4. The lowest BCUT2D eigenvalue weighted by Crippen LogP contribution is -2.30. The van der Waals surface area contributed by atoms with Gasteiger partial charge >= 0.3 is 39.5 Å². The third kappa shape index (κ3) is 70.4. The average Bonchev–Trinajstić information content (AvgIpc) is 1.08. The van der Waals surface area contributed by atoms with E-state index >= 15 is 0 Å². The van der Waals surface area contributed by atoms with Gasteiger partial charge in [0.05, 0.1) is 26.4 Å². The molecule has 594 valence electrons. The molecule has 0 fully saturated rings. The molecule has 0 amide bonds. The lowest BCUT2D eigenvalue weighted by atomic mass is 9.99. The molecule has 0 saturated carbocycles. The summed E-state index contributed by atoms with van der Waals surface area (Å²) in [4.78, 5) is 73.1. The second-order valence-corrected chi connectivity index (χ2v) is 32.8. The van der Waals surface area contributed by atoms with Gasteiger partial charge in [0.25, 0.3) is 0 Å². The number of carbonyl (C=O) groups is 4. The van der Waals surface area contributed by atoms with Crippen LogP contribution in [-0.4, -0.2) is 96.7 Å². The number of esters is 4. The number of aliphatic hydroxyl groups is 1. The summed E-state index contributed by atoms with van der Waals surface area (Å²) in [7, 11) is -9.92. The van der Waals surface area contributed by atoms with Gasteiger partial charge < -0.3 is 33.8 Å². The molecule has 0 aromatic carbocycles. The molecule has 0 rings (SSSR count). The molecule has 0 saturated heterocycles. The number of phosphoric ester groups is 2. The molecule has 0 aliphatic heterocycles. The van der Waals surface area contributed by atoms with Crippen molar-refractivity contribution < 1.29 is 80.2 Å². The Balaban J connectivity index is 5.28. The van der Waals surface area contributed by atoms with E-state index in [1.807, 2.05) is 0 Å². The van der Waals surface area contributed by atoms with Crippen molar-refractivity contribution in [3.05, 3.63) is 0 Å². The molecule has 3 N–H and O–H groups in total. The highest BCUT2D eigenvalue weighted by Gasteiger charge is 2.30. The first-order chi connectivity index (χ1) is 48.3. The topological polar surface area (TPSA) is 237 Å². The lowest BCUT2D eigenvalue weighted by Gasteiger charge is -2.21. The molecule has 0 radical (unpaired) electrons. The number of unbranched alkanes of at least 4 members (excludes halogenated alkanes) is 44. The largest absolute Gasteiger partial charge is 0.472 e. The maximum absolute atomic E-state index is 13.1. The number of aliphatic hydroxyl groups excluding tert-OH is 1. The summed E-state index contributed by atoms with van der Waals surface area (Å²) in [5, 5.41) is 10.6. The normalized spacial score (nSPS) is 14.8. The Morgan fingerprint density at radius 3 is 0.710 bits per heavy atom. The van der Waals surface area contributed by atoms with Gasteiger partial charge in [0, 0.05) is 25.7 Å². The Bertz CT molecular complexity index is 1950. The van der Waals surface area contributed by atoms with Gasteiger partial charge in [-0.05, 0) is 43.4 Å². The summed E-state index contributed by atoms with van der Waals surface area (Å²) in [6, 6.07) is 0. The smallest absolute Gasteiger partial charge is 0.462 e. The minimum absolute atomic E-state index is 0.106. The molecule has 19 heteroatoms. The van der Waals surface area contributed by atoms with Crippen LogP contribution in [0.5, 0.6) is 0 Å². The number of carbonyl (C=O) groups excluding carboxylic acids is 4. The van der Waals surface area contributed by atoms with Crippen molar-refractivity contribution in [2.24, 2.45) is 17.8 Å². The summed E-state index contributed by atoms with van der Waals surface area (Å²) >= 11 is 0. The van der Waals surface area contributed by atoms with Crippen LogP contribution < -0.4 is 0 Å². The summed E-state index contributed by atoms with van der Waals surface area (Å²) < 4.78 is 68.8. The van der Waals surface area contributed by atoms with Crippen LogP contribution in [0.3, 0.4) is 0 Å². The highest BCUT2D eigenvalue weighted by atomic mass is 31.2. The van der Waals surface area contributed by atoms with Gasteiger partial charge in [-0.15, -0.1) is 0 Å². The number of rotatable bonds is 79. The van der Waals surface area contributed by atoms with Crippen molar-refractivity contribution in [3.8, 4) is 0 Å². The zero-order chi connectivity index (χ0) is 73.7. The average molecular weight is 1470 g/mol. The number of hydrogen-bond donors (Lipinski definition) is 3. The first-order valence-corrected chi connectivity index (χ1v) is 45.0. The molecule has 17 nitrogen and oxygen atoms in total. The molecule has 0 aromatic heterocycles. The van der Waals surface area contributed by atoms with Crippen molar-refractivity contribution in [1.29, 1.82) is 0 Å². The van der Waals surface area contributed by atoms with Crippen molar-refractivity contribution in [1.82, 2.24) is 0 Å². The maximum atomic E-state index is 13.1. The molecule has 0 aliphatic rings.